The van der Waals surface area contributed by atoms with E-state index in [0.29, 0.717) is 12.1 Å². The quantitative estimate of drug-likeness (QED) is 0.768. The zero-order valence-electron chi connectivity index (χ0n) is 13.8. The molecule has 1 amide bonds. The molecule has 132 valence electrons. The first kappa shape index (κ1) is 18.3. The standard InChI is InChI=1S/C16H22N2O5S/c1-18(2)14-5-3-13(4-6-14)17-15(19)10-23-16(20)9-12-7-8-24(21,22)11-12/h3-6,12H,7-11H2,1-2H3,(H,17,19)/t12-/m0/s1. The van der Waals surface area contributed by atoms with Crippen molar-refractivity contribution in [2.24, 2.45) is 5.92 Å². The highest BCUT2D eigenvalue weighted by molar-refractivity contribution is 7.91. The summed E-state index contributed by atoms with van der Waals surface area (Å²) in [6.45, 7) is -0.381. The van der Waals surface area contributed by atoms with Gasteiger partial charge in [-0.1, -0.05) is 0 Å². The van der Waals surface area contributed by atoms with Crippen molar-refractivity contribution in [2.45, 2.75) is 12.8 Å². The molecule has 1 aromatic carbocycles. The molecule has 1 fully saturated rings. The minimum atomic E-state index is -3.01. The molecule has 1 aliphatic heterocycles. The lowest BCUT2D eigenvalue weighted by atomic mass is 10.1. The topological polar surface area (TPSA) is 92.8 Å². The molecule has 1 N–H and O–H groups in total. The Balaban J connectivity index is 1.73. The zero-order chi connectivity index (χ0) is 17.7. The number of carbonyl (C=O) groups excluding carboxylic acids is 2. The Morgan fingerprint density at radius 2 is 1.92 bits per heavy atom. The third-order valence-electron chi connectivity index (χ3n) is 3.81. The van der Waals surface area contributed by atoms with Gasteiger partial charge in [0, 0.05) is 31.9 Å². The van der Waals surface area contributed by atoms with Crippen molar-refractivity contribution in [3.8, 4) is 0 Å². The molecule has 24 heavy (non-hydrogen) atoms. The highest BCUT2D eigenvalue weighted by Gasteiger charge is 2.29. The summed E-state index contributed by atoms with van der Waals surface area (Å²) in [5.41, 5.74) is 1.62. The van der Waals surface area contributed by atoms with Gasteiger partial charge in [0.05, 0.1) is 11.5 Å². The summed E-state index contributed by atoms with van der Waals surface area (Å²) < 4.78 is 27.6. The van der Waals surface area contributed by atoms with Crippen LogP contribution in [-0.2, 0) is 24.2 Å². The fraction of sp³-hybridized carbons (Fsp3) is 0.500. The highest BCUT2D eigenvalue weighted by atomic mass is 32.2. The van der Waals surface area contributed by atoms with Gasteiger partial charge in [-0.2, -0.15) is 0 Å². The smallest absolute Gasteiger partial charge is 0.306 e. The number of benzene rings is 1. The van der Waals surface area contributed by atoms with Crippen molar-refractivity contribution in [3.63, 3.8) is 0 Å². The average molecular weight is 354 g/mol. The van der Waals surface area contributed by atoms with Crippen LogP contribution in [-0.4, -0.2) is 52.5 Å². The third-order valence-corrected chi connectivity index (χ3v) is 5.65. The van der Waals surface area contributed by atoms with E-state index >= 15 is 0 Å². The van der Waals surface area contributed by atoms with Crippen LogP contribution in [0.25, 0.3) is 0 Å². The van der Waals surface area contributed by atoms with E-state index in [1.165, 1.54) is 0 Å². The molecule has 0 aromatic heterocycles. The van der Waals surface area contributed by atoms with Gasteiger partial charge in [-0.05, 0) is 36.6 Å². The number of nitrogens with one attached hydrogen (secondary N) is 1. The largest absolute Gasteiger partial charge is 0.456 e. The van der Waals surface area contributed by atoms with E-state index in [-0.39, 0.29) is 30.5 Å². The van der Waals surface area contributed by atoms with Crippen LogP contribution < -0.4 is 10.2 Å². The number of esters is 1. The molecule has 0 aliphatic carbocycles. The van der Waals surface area contributed by atoms with Gasteiger partial charge in [0.2, 0.25) is 0 Å². The van der Waals surface area contributed by atoms with E-state index in [1.54, 1.807) is 12.1 Å². The van der Waals surface area contributed by atoms with Crippen molar-refractivity contribution in [1.29, 1.82) is 0 Å². The molecular formula is C16H22N2O5S. The molecule has 0 radical (unpaired) electrons. The molecular weight excluding hydrogens is 332 g/mol. The SMILES string of the molecule is CN(C)c1ccc(NC(=O)COC(=O)C[C@@H]2CCS(=O)(=O)C2)cc1. The van der Waals surface area contributed by atoms with Gasteiger partial charge in [0.1, 0.15) is 0 Å². The number of amides is 1. The molecule has 0 bridgehead atoms. The molecule has 0 saturated carbocycles. The van der Waals surface area contributed by atoms with E-state index in [0.717, 1.165) is 5.69 Å². The Labute approximate surface area is 141 Å². The Hall–Kier alpha value is -2.09. The number of hydrogen-bond acceptors (Lipinski definition) is 6. The molecule has 1 heterocycles. The van der Waals surface area contributed by atoms with Crippen molar-refractivity contribution in [2.75, 3.05) is 42.4 Å². The Morgan fingerprint density at radius 3 is 2.46 bits per heavy atom. The summed E-state index contributed by atoms with van der Waals surface area (Å²) in [5.74, 6) is -1.04. The predicted octanol–water partition coefficient (Wildman–Crippen LogP) is 1.06. The van der Waals surface area contributed by atoms with Gasteiger partial charge in [-0.25, -0.2) is 8.42 Å². The van der Waals surface area contributed by atoms with Crippen LogP contribution in [0.5, 0.6) is 0 Å². The van der Waals surface area contributed by atoms with Crippen LogP contribution in [0.15, 0.2) is 24.3 Å². The molecule has 7 nitrogen and oxygen atoms in total. The van der Waals surface area contributed by atoms with Crippen LogP contribution in [0.4, 0.5) is 11.4 Å². The van der Waals surface area contributed by atoms with E-state index in [4.69, 9.17) is 4.74 Å². The minimum absolute atomic E-state index is 0.0204. The summed E-state index contributed by atoms with van der Waals surface area (Å²) in [5, 5.41) is 2.64. The van der Waals surface area contributed by atoms with Crippen LogP contribution in [0, 0.1) is 5.92 Å². The maximum Gasteiger partial charge on any atom is 0.306 e. The first-order chi connectivity index (χ1) is 11.2. The van der Waals surface area contributed by atoms with Gasteiger partial charge in [-0.15, -0.1) is 0 Å². The van der Waals surface area contributed by atoms with E-state index in [2.05, 4.69) is 5.32 Å². The van der Waals surface area contributed by atoms with Gasteiger partial charge in [0.15, 0.2) is 16.4 Å². The molecule has 0 unspecified atom stereocenters. The predicted molar refractivity (Wildman–Crippen MR) is 91.7 cm³/mol. The van der Waals surface area contributed by atoms with E-state index < -0.39 is 21.7 Å². The third kappa shape index (κ3) is 5.52. The number of sulfone groups is 1. The fourth-order valence-electron chi connectivity index (χ4n) is 2.51. The zero-order valence-corrected chi connectivity index (χ0v) is 14.6. The summed E-state index contributed by atoms with van der Waals surface area (Å²) in [4.78, 5) is 25.4. The monoisotopic (exact) mass is 354 g/mol. The van der Waals surface area contributed by atoms with Crippen molar-refractivity contribution < 1.29 is 22.7 Å². The van der Waals surface area contributed by atoms with E-state index in [9.17, 15) is 18.0 Å². The second-order valence-electron chi connectivity index (χ2n) is 6.12. The fourth-order valence-corrected chi connectivity index (χ4v) is 4.38. The van der Waals surface area contributed by atoms with Gasteiger partial charge in [0.25, 0.3) is 5.91 Å². The number of rotatable bonds is 6. The molecule has 8 heteroatoms. The first-order valence-corrected chi connectivity index (χ1v) is 9.50. The summed E-state index contributed by atoms with van der Waals surface area (Å²) in [6.07, 6.45) is 0.506. The van der Waals surface area contributed by atoms with Crippen molar-refractivity contribution in [3.05, 3.63) is 24.3 Å². The summed E-state index contributed by atoms with van der Waals surface area (Å²) in [7, 11) is 0.825. The summed E-state index contributed by atoms with van der Waals surface area (Å²) >= 11 is 0. The van der Waals surface area contributed by atoms with Crippen molar-refractivity contribution in [1.82, 2.24) is 0 Å². The van der Waals surface area contributed by atoms with Gasteiger partial charge < -0.3 is 15.0 Å². The molecule has 0 spiro atoms. The number of hydrogen-bond donors (Lipinski definition) is 1. The first-order valence-electron chi connectivity index (χ1n) is 7.68. The average Bonchev–Trinajstić information content (AvgIpc) is 2.84. The number of anilines is 2. The minimum Gasteiger partial charge on any atom is -0.456 e. The van der Waals surface area contributed by atoms with Crippen LogP contribution >= 0.6 is 0 Å². The molecule has 1 aliphatic rings. The van der Waals surface area contributed by atoms with Gasteiger partial charge in [-0.3, -0.25) is 9.59 Å². The van der Waals surface area contributed by atoms with Crippen LogP contribution in [0.2, 0.25) is 0 Å². The second-order valence-corrected chi connectivity index (χ2v) is 8.35. The maximum atomic E-state index is 11.8. The Bertz CT molecular complexity index is 698. The second kappa shape index (κ2) is 7.65. The van der Waals surface area contributed by atoms with Crippen LogP contribution in [0.1, 0.15) is 12.8 Å². The normalized spacial score (nSPS) is 18.8. The number of ether oxygens (including phenoxy) is 1. The lowest BCUT2D eigenvalue weighted by Crippen LogP contribution is -2.22. The van der Waals surface area contributed by atoms with Crippen molar-refractivity contribution >= 4 is 33.1 Å². The Kier molecular flexibility index (Phi) is 5.82. The molecule has 1 saturated heterocycles. The lowest BCUT2D eigenvalue weighted by Gasteiger charge is -2.13. The lowest BCUT2D eigenvalue weighted by molar-refractivity contribution is -0.148. The molecule has 1 atom stereocenters. The van der Waals surface area contributed by atoms with Crippen LogP contribution in [0.3, 0.4) is 0 Å². The van der Waals surface area contributed by atoms with Gasteiger partial charge >= 0.3 is 5.97 Å². The Morgan fingerprint density at radius 1 is 1.25 bits per heavy atom. The maximum absolute atomic E-state index is 11.8. The highest BCUT2D eigenvalue weighted by Crippen LogP contribution is 2.22. The summed E-state index contributed by atoms with van der Waals surface area (Å²) in [6, 6.07) is 7.25. The molecule has 1 aromatic rings. The number of carbonyl (C=O) groups is 2. The van der Waals surface area contributed by atoms with E-state index in [1.807, 2.05) is 31.1 Å². The number of nitrogens with zero attached hydrogens (tertiary/aromatic N) is 1. The molecule has 2 rings (SSSR count).